The van der Waals surface area contributed by atoms with Gasteiger partial charge in [-0.05, 0) is 18.1 Å². The highest BCUT2D eigenvalue weighted by atomic mass is 35.5. The van der Waals surface area contributed by atoms with Gasteiger partial charge in [0.05, 0.1) is 5.02 Å². The Balaban J connectivity index is 2.65. The normalized spacial score (nSPS) is 10.5. The molecule has 0 amide bonds. The van der Waals surface area contributed by atoms with E-state index >= 15 is 0 Å². The van der Waals surface area contributed by atoms with Crippen molar-refractivity contribution in [3.63, 3.8) is 0 Å². The largest absolute Gasteiger partial charge is 0.439 e. The Bertz CT molecular complexity index is 530. The summed E-state index contributed by atoms with van der Waals surface area (Å²) in [5.41, 5.74) is 1.75. The molecule has 0 aliphatic heterocycles. The standard InChI is InChI=1S/C10H9ClN2O2/c1-2-6-4-3-5-7(11)8(6)9-12-10(14)15-13-9/h3-5H,2H2,1H3,(H,12,13,14). The van der Waals surface area contributed by atoms with E-state index in [0.29, 0.717) is 10.8 Å². The van der Waals surface area contributed by atoms with E-state index in [0.717, 1.165) is 17.5 Å². The topological polar surface area (TPSA) is 58.9 Å². The van der Waals surface area contributed by atoms with Crippen LogP contribution in [-0.2, 0) is 6.42 Å². The van der Waals surface area contributed by atoms with Gasteiger partial charge >= 0.3 is 5.76 Å². The molecule has 0 spiro atoms. The maximum absolute atomic E-state index is 10.8. The highest BCUT2D eigenvalue weighted by Gasteiger charge is 2.12. The predicted octanol–water partition coefficient (Wildman–Crippen LogP) is 2.25. The molecule has 0 atom stereocenters. The molecule has 0 saturated heterocycles. The predicted molar refractivity (Wildman–Crippen MR) is 56.9 cm³/mol. The minimum absolute atomic E-state index is 0.377. The van der Waals surface area contributed by atoms with Crippen molar-refractivity contribution in [1.29, 1.82) is 0 Å². The molecule has 78 valence electrons. The third-order valence-electron chi connectivity index (χ3n) is 2.16. The van der Waals surface area contributed by atoms with Gasteiger partial charge in [0.25, 0.3) is 0 Å². The molecule has 5 heteroatoms. The quantitative estimate of drug-likeness (QED) is 0.851. The first-order chi connectivity index (χ1) is 7.22. The molecular weight excluding hydrogens is 216 g/mol. The van der Waals surface area contributed by atoms with Gasteiger partial charge in [-0.1, -0.05) is 35.8 Å². The second-order valence-corrected chi connectivity index (χ2v) is 3.48. The Morgan fingerprint density at radius 3 is 2.93 bits per heavy atom. The van der Waals surface area contributed by atoms with Crippen molar-refractivity contribution in [3.05, 3.63) is 39.3 Å². The van der Waals surface area contributed by atoms with Crippen LogP contribution in [0.2, 0.25) is 5.02 Å². The molecule has 0 radical (unpaired) electrons. The van der Waals surface area contributed by atoms with Gasteiger partial charge in [-0.25, -0.2) is 4.79 Å². The molecule has 0 aliphatic rings. The second kappa shape index (κ2) is 3.90. The van der Waals surface area contributed by atoms with E-state index in [4.69, 9.17) is 11.6 Å². The molecule has 0 fully saturated rings. The molecule has 0 bridgehead atoms. The number of hydrogen-bond acceptors (Lipinski definition) is 3. The van der Waals surface area contributed by atoms with Crippen LogP contribution < -0.4 is 5.76 Å². The molecule has 4 nitrogen and oxygen atoms in total. The summed E-state index contributed by atoms with van der Waals surface area (Å²) in [6.45, 7) is 2.01. The fourth-order valence-corrected chi connectivity index (χ4v) is 1.75. The van der Waals surface area contributed by atoms with E-state index < -0.39 is 5.76 Å². The van der Waals surface area contributed by atoms with Crippen LogP contribution in [0.4, 0.5) is 0 Å². The van der Waals surface area contributed by atoms with Crippen LogP contribution in [0.1, 0.15) is 12.5 Å². The zero-order valence-corrected chi connectivity index (χ0v) is 8.84. The Kier molecular flexibility index (Phi) is 2.60. The smallest absolute Gasteiger partial charge is 0.296 e. The van der Waals surface area contributed by atoms with Crippen LogP contribution in [0.25, 0.3) is 11.4 Å². The van der Waals surface area contributed by atoms with Crippen molar-refractivity contribution in [2.45, 2.75) is 13.3 Å². The summed E-state index contributed by atoms with van der Waals surface area (Å²) in [7, 11) is 0. The van der Waals surface area contributed by atoms with Crippen LogP contribution in [0.5, 0.6) is 0 Å². The summed E-state index contributed by atoms with van der Waals surface area (Å²) >= 11 is 6.05. The summed E-state index contributed by atoms with van der Waals surface area (Å²) < 4.78 is 4.45. The van der Waals surface area contributed by atoms with E-state index in [2.05, 4.69) is 14.7 Å². The van der Waals surface area contributed by atoms with Crippen LogP contribution >= 0.6 is 11.6 Å². The molecule has 0 saturated carbocycles. The van der Waals surface area contributed by atoms with Crippen molar-refractivity contribution in [1.82, 2.24) is 10.1 Å². The number of aryl methyl sites for hydroxylation is 1. The van der Waals surface area contributed by atoms with Crippen LogP contribution in [0, 0.1) is 0 Å². The number of benzene rings is 1. The molecule has 1 N–H and O–H groups in total. The van der Waals surface area contributed by atoms with Gasteiger partial charge in [0.1, 0.15) is 0 Å². The monoisotopic (exact) mass is 224 g/mol. The molecule has 0 aliphatic carbocycles. The van der Waals surface area contributed by atoms with Crippen LogP contribution in [0.3, 0.4) is 0 Å². The van der Waals surface area contributed by atoms with Gasteiger partial charge in [-0.2, -0.15) is 0 Å². The lowest BCUT2D eigenvalue weighted by Crippen LogP contribution is -1.96. The number of nitrogens with one attached hydrogen (secondary N) is 1. The summed E-state index contributed by atoms with van der Waals surface area (Å²) in [6, 6.07) is 5.56. The van der Waals surface area contributed by atoms with Crippen molar-refractivity contribution in [3.8, 4) is 11.4 Å². The zero-order chi connectivity index (χ0) is 10.8. The fraction of sp³-hybridized carbons (Fsp3) is 0.200. The minimum Gasteiger partial charge on any atom is -0.296 e. The van der Waals surface area contributed by atoms with Crippen LogP contribution in [0.15, 0.2) is 27.5 Å². The van der Waals surface area contributed by atoms with Gasteiger partial charge in [0.2, 0.25) is 0 Å². The number of aromatic nitrogens is 2. The van der Waals surface area contributed by atoms with Gasteiger partial charge < -0.3 is 0 Å². The summed E-state index contributed by atoms with van der Waals surface area (Å²) in [4.78, 5) is 13.3. The van der Waals surface area contributed by atoms with E-state index in [9.17, 15) is 4.79 Å². The second-order valence-electron chi connectivity index (χ2n) is 3.07. The number of aromatic amines is 1. The summed E-state index contributed by atoms with van der Waals surface area (Å²) in [5, 5.41) is 4.18. The molecule has 0 unspecified atom stereocenters. The lowest BCUT2D eigenvalue weighted by molar-refractivity contribution is 0.388. The maximum Gasteiger partial charge on any atom is 0.439 e. The van der Waals surface area contributed by atoms with Gasteiger partial charge in [0, 0.05) is 5.56 Å². The molecule has 1 aromatic carbocycles. The highest BCUT2D eigenvalue weighted by molar-refractivity contribution is 6.33. The zero-order valence-electron chi connectivity index (χ0n) is 8.08. The van der Waals surface area contributed by atoms with Crippen LogP contribution in [-0.4, -0.2) is 10.1 Å². The van der Waals surface area contributed by atoms with E-state index in [-0.39, 0.29) is 0 Å². The van der Waals surface area contributed by atoms with Crippen molar-refractivity contribution >= 4 is 11.6 Å². The first-order valence-corrected chi connectivity index (χ1v) is 4.94. The Labute approximate surface area is 90.9 Å². The number of H-pyrrole nitrogens is 1. The first-order valence-electron chi connectivity index (χ1n) is 4.56. The summed E-state index contributed by atoms with van der Waals surface area (Å²) in [5.74, 6) is -0.200. The number of rotatable bonds is 2. The fourth-order valence-electron chi connectivity index (χ4n) is 1.47. The van der Waals surface area contributed by atoms with Gasteiger partial charge in [0.15, 0.2) is 5.82 Å². The van der Waals surface area contributed by atoms with Crippen molar-refractivity contribution in [2.75, 3.05) is 0 Å². The highest BCUT2D eigenvalue weighted by Crippen LogP contribution is 2.28. The molecule has 15 heavy (non-hydrogen) atoms. The average Bonchev–Trinajstić information content (AvgIpc) is 2.64. The molecular formula is C10H9ClN2O2. The molecule has 1 heterocycles. The SMILES string of the molecule is CCc1cccc(Cl)c1-c1noc(=O)[nH]1. The average molecular weight is 225 g/mol. The summed E-state index contributed by atoms with van der Waals surface area (Å²) in [6.07, 6.45) is 0.810. The molecule has 2 aromatic rings. The maximum atomic E-state index is 10.8. The van der Waals surface area contributed by atoms with E-state index in [1.54, 1.807) is 6.07 Å². The number of hydrogen-bond donors (Lipinski definition) is 1. The Morgan fingerprint density at radius 1 is 1.53 bits per heavy atom. The third kappa shape index (κ3) is 1.80. The lowest BCUT2D eigenvalue weighted by Gasteiger charge is -2.05. The van der Waals surface area contributed by atoms with Crippen molar-refractivity contribution in [2.24, 2.45) is 0 Å². The number of nitrogens with zero attached hydrogens (tertiary/aromatic N) is 1. The van der Waals surface area contributed by atoms with E-state index in [1.165, 1.54) is 0 Å². The molecule has 2 rings (SSSR count). The molecule has 1 aromatic heterocycles. The Hall–Kier alpha value is -1.55. The first kappa shape index (κ1) is 9.98. The third-order valence-corrected chi connectivity index (χ3v) is 2.47. The number of halogens is 1. The van der Waals surface area contributed by atoms with Gasteiger partial charge in [-0.3, -0.25) is 9.51 Å². The van der Waals surface area contributed by atoms with Gasteiger partial charge in [-0.15, -0.1) is 0 Å². The minimum atomic E-state index is -0.577. The van der Waals surface area contributed by atoms with Crippen molar-refractivity contribution < 1.29 is 4.52 Å². The lowest BCUT2D eigenvalue weighted by atomic mass is 10.1. The van der Waals surface area contributed by atoms with E-state index in [1.807, 2.05) is 19.1 Å². The Morgan fingerprint density at radius 2 is 2.33 bits per heavy atom.